The van der Waals surface area contributed by atoms with E-state index >= 15 is 0 Å². The molecule has 2 bridgehead atoms. The summed E-state index contributed by atoms with van der Waals surface area (Å²) >= 11 is 3.72. The summed E-state index contributed by atoms with van der Waals surface area (Å²) in [5.74, 6) is 0.259. The van der Waals surface area contributed by atoms with Gasteiger partial charge in [-0.15, -0.1) is 0 Å². The molecule has 0 heterocycles. The van der Waals surface area contributed by atoms with Gasteiger partial charge in [0.2, 0.25) is 5.91 Å². The van der Waals surface area contributed by atoms with E-state index in [0.29, 0.717) is 17.2 Å². The number of fused-ring (bicyclic) bond motifs is 1. The highest BCUT2D eigenvalue weighted by Gasteiger charge is 2.73. The van der Waals surface area contributed by atoms with E-state index in [0.717, 1.165) is 12.8 Å². The molecule has 0 radical (unpaired) electrons. The second kappa shape index (κ2) is 5.08. The van der Waals surface area contributed by atoms with E-state index in [4.69, 9.17) is 0 Å². The number of hydrogen-bond donors (Lipinski definition) is 1. The van der Waals surface area contributed by atoms with Crippen LogP contribution < -0.4 is 5.32 Å². The average molecular weight is 366 g/mol. The van der Waals surface area contributed by atoms with Gasteiger partial charge in [0.25, 0.3) is 0 Å². The van der Waals surface area contributed by atoms with Crippen LogP contribution in [0.3, 0.4) is 0 Å². The number of amides is 1. The van der Waals surface area contributed by atoms with E-state index in [2.05, 4.69) is 39.8 Å². The number of alkyl halides is 1. The average Bonchev–Trinajstić information content (AvgIpc) is 3.01. The molecule has 1 N–H and O–H groups in total. The highest BCUT2D eigenvalue weighted by atomic mass is 79.9. The van der Waals surface area contributed by atoms with Gasteiger partial charge in [0.15, 0.2) is 0 Å². The Labute approximate surface area is 138 Å². The summed E-state index contributed by atoms with van der Waals surface area (Å²) in [5, 5.41) is 3.01. The molecule has 3 aliphatic carbocycles. The van der Waals surface area contributed by atoms with Gasteiger partial charge in [-0.1, -0.05) is 29.8 Å². The van der Waals surface area contributed by atoms with Gasteiger partial charge in [0.05, 0.1) is 18.1 Å². The molecule has 0 spiro atoms. The Bertz CT molecular complexity index is 625. The molecule has 0 saturated heterocycles. The molecule has 3 aliphatic rings. The molecule has 4 rings (SSSR count). The first-order valence-electron chi connectivity index (χ1n) is 7.48. The lowest BCUT2D eigenvalue weighted by atomic mass is 9.50. The topological polar surface area (TPSA) is 55.4 Å². The smallest absolute Gasteiger partial charge is 0.337 e. The van der Waals surface area contributed by atoms with Crippen LogP contribution in [0.15, 0.2) is 24.3 Å². The number of nitrogens with one attached hydrogen (secondary N) is 1. The summed E-state index contributed by atoms with van der Waals surface area (Å²) in [6.07, 6.45) is 2.02. The lowest BCUT2D eigenvalue weighted by Crippen LogP contribution is -2.63. The monoisotopic (exact) mass is 365 g/mol. The molecule has 22 heavy (non-hydrogen) atoms. The molecule has 3 fully saturated rings. The quantitative estimate of drug-likeness (QED) is 0.657. The van der Waals surface area contributed by atoms with Crippen LogP contribution in [0.1, 0.15) is 37.0 Å². The van der Waals surface area contributed by atoms with Crippen LogP contribution in [-0.4, -0.2) is 23.8 Å². The summed E-state index contributed by atoms with van der Waals surface area (Å²) in [6, 6.07) is 6.80. The van der Waals surface area contributed by atoms with E-state index in [1.165, 1.54) is 7.11 Å². The first kappa shape index (κ1) is 15.5. The summed E-state index contributed by atoms with van der Waals surface area (Å²) < 4.78 is 4.67. The SMILES string of the molecule is COC(=O)c1ccc(NC(=O)[C@]23CC[C@@H]([C@H]2Br)C3(C)C)cc1. The highest BCUT2D eigenvalue weighted by molar-refractivity contribution is 9.09. The molecule has 1 aromatic carbocycles. The lowest BCUT2D eigenvalue weighted by Gasteiger charge is -2.57. The van der Waals surface area contributed by atoms with Crippen LogP contribution in [0.4, 0.5) is 5.69 Å². The number of rotatable bonds is 3. The summed E-state index contributed by atoms with van der Waals surface area (Å²) in [6.45, 7) is 4.37. The Morgan fingerprint density at radius 1 is 1.27 bits per heavy atom. The van der Waals surface area contributed by atoms with Crippen LogP contribution in [0.25, 0.3) is 0 Å². The largest absolute Gasteiger partial charge is 0.465 e. The Hall–Kier alpha value is -1.36. The first-order valence-corrected chi connectivity index (χ1v) is 8.40. The first-order chi connectivity index (χ1) is 10.3. The maximum absolute atomic E-state index is 12.8. The number of ether oxygens (including phenoxy) is 1. The van der Waals surface area contributed by atoms with Crippen LogP contribution in [-0.2, 0) is 9.53 Å². The number of methoxy groups -OCH3 is 1. The van der Waals surface area contributed by atoms with Crippen LogP contribution in [0, 0.1) is 16.7 Å². The Kier molecular flexibility index (Phi) is 3.59. The molecule has 0 aliphatic heterocycles. The fraction of sp³-hybridized carbons (Fsp3) is 0.529. The number of benzene rings is 1. The minimum atomic E-state index is -0.379. The van der Waals surface area contributed by atoms with Crippen LogP contribution in [0.5, 0.6) is 0 Å². The van der Waals surface area contributed by atoms with Gasteiger partial charge >= 0.3 is 5.97 Å². The zero-order valence-corrected chi connectivity index (χ0v) is 14.6. The summed E-state index contributed by atoms with van der Waals surface area (Å²) in [4.78, 5) is 24.5. The van der Waals surface area contributed by atoms with E-state index in [1.54, 1.807) is 24.3 Å². The summed E-state index contributed by atoms with van der Waals surface area (Å²) in [7, 11) is 1.35. The molecule has 4 nitrogen and oxygen atoms in total. The van der Waals surface area contributed by atoms with E-state index in [1.807, 2.05) is 0 Å². The molecule has 0 aromatic heterocycles. The van der Waals surface area contributed by atoms with Gasteiger partial charge in [-0.25, -0.2) is 4.79 Å². The van der Waals surface area contributed by atoms with Crippen molar-refractivity contribution in [2.24, 2.45) is 16.7 Å². The van der Waals surface area contributed by atoms with E-state index in [9.17, 15) is 9.59 Å². The minimum absolute atomic E-state index is 0.0250. The summed E-state index contributed by atoms with van der Waals surface area (Å²) in [5.41, 5.74) is 0.871. The van der Waals surface area contributed by atoms with Gasteiger partial charge in [-0.05, 0) is 48.4 Å². The number of halogens is 1. The Balaban J connectivity index is 1.77. The lowest BCUT2D eigenvalue weighted by molar-refractivity contribution is -0.142. The molecule has 5 heteroatoms. The van der Waals surface area contributed by atoms with Gasteiger partial charge in [0, 0.05) is 10.5 Å². The van der Waals surface area contributed by atoms with Gasteiger partial charge < -0.3 is 10.1 Å². The molecular formula is C17H20BrNO3. The van der Waals surface area contributed by atoms with Crippen molar-refractivity contribution in [2.45, 2.75) is 31.5 Å². The second-order valence-electron chi connectivity index (χ2n) is 6.76. The zero-order valence-electron chi connectivity index (χ0n) is 13.0. The third-order valence-electron chi connectivity index (χ3n) is 5.72. The molecule has 1 aromatic rings. The van der Waals surface area contributed by atoms with Crippen molar-refractivity contribution in [2.75, 3.05) is 12.4 Å². The van der Waals surface area contributed by atoms with Crippen molar-refractivity contribution in [3.63, 3.8) is 0 Å². The number of esters is 1. The van der Waals surface area contributed by atoms with Crippen molar-refractivity contribution in [3.8, 4) is 0 Å². The number of hydrogen-bond acceptors (Lipinski definition) is 3. The van der Waals surface area contributed by atoms with Gasteiger partial charge in [-0.3, -0.25) is 4.79 Å². The highest BCUT2D eigenvalue weighted by Crippen LogP contribution is 2.73. The standard InChI is InChI=1S/C17H20BrNO3/c1-16(2)12-8-9-17(16,13(12)18)15(21)19-11-6-4-10(5-7-11)14(20)22-3/h4-7,12-13H,8-9H2,1-3H3,(H,19,21)/t12-,13+,17-/m0/s1. The van der Waals surface area contributed by atoms with Crippen molar-refractivity contribution in [3.05, 3.63) is 29.8 Å². The molecule has 3 atom stereocenters. The van der Waals surface area contributed by atoms with Crippen LogP contribution in [0.2, 0.25) is 0 Å². The third kappa shape index (κ3) is 1.87. The molecule has 118 valence electrons. The maximum atomic E-state index is 12.8. The van der Waals surface area contributed by atoms with E-state index in [-0.39, 0.29) is 27.5 Å². The Morgan fingerprint density at radius 2 is 1.91 bits per heavy atom. The predicted octanol–water partition coefficient (Wildman–Crippen LogP) is 3.61. The predicted molar refractivity (Wildman–Crippen MR) is 88.1 cm³/mol. The number of anilines is 1. The Morgan fingerprint density at radius 3 is 2.36 bits per heavy atom. The minimum Gasteiger partial charge on any atom is -0.465 e. The van der Waals surface area contributed by atoms with Gasteiger partial charge in [0.1, 0.15) is 0 Å². The number of carbonyl (C=O) groups is 2. The number of carbonyl (C=O) groups excluding carboxylic acids is 2. The van der Waals surface area contributed by atoms with E-state index < -0.39 is 0 Å². The molecule has 3 saturated carbocycles. The van der Waals surface area contributed by atoms with Crippen molar-refractivity contribution in [1.82, 2.24) is 0 Å². The fourth-order valence-corrected chi connectivity index (χ4v) is 6.18. The second-order valence-corrected chi connectivity index (χ2v) is 7.75. The third-order valence-corrected chi connectivity index (χ3v) is 7.14. The van der Waals surface area contributed by atoms with Crippen molar-refractivity contribution >= 4 is 33.5 Å². The van der Waals surface area contributed by atoms with Gasteiger partial charge in [-0.2, -0.15) is 0 Å². The molecule has 0 unspecified atom stereocenters. The van der Waals surface area contributed by atoms with Crippen LogP contribution >= 0.6 is 15.9 Å². The molecule has 1 amide bonds. The fourth-order valence-electron chi connectivity index (χ4n) is 4.23. The molecular weight excluding hydrogens is 346 g/mol. The van der Waals surface area contributed by atoms with Crippen molar-refractivity contribution in [1.29, 1.82) is 0 Å². The maximum Gasteiger partial charge on any atom is 0.337 e. The van der Waals surface area contributed by atoms with Crippen molar-refractivity contribution < 1.29 is 14.3 Å². The zero-order chi connectivity index (χ0) is 16.1. The normalized spacial score (nSPS) is 31.3.